The van der Waals surface area contributed by atoms with Gasteiger partial charge in [-0.25, -0.2) is 4.98 Å². The van der Waals surface area contributed by atoms with Crippen molar-refractivity contribution in [1.82, 2.24) is 14.6 Å². The molecule has 0 spiro atoms. The number of thiophene rings is 1. The summed E-state index contributed by atoms with van der Waals surface area (Å²) in [4.78, 5) is 5.41. The predicted molar refractivity (Wildman–Crippen MR) is 90.0 cm³/mol. The maximum Gasteiger partial charge on any atom is 0.259 e. The molecule has 0 aliphatic heterocycles. The molecule has 5 nitrogen and oxygen atoms in total. The predicted octanol–water partition coefficient (Wildman–Crippen LogP) is 3.84. The molecule has 3 heterocycles. The summed E-state index contributed by atoms with van der Waals surface area (Å²) in [6, 6.07) is 12.3. The number of hydrogen-bond donors (Lipinski definition) is 1. The number of fused-ring (bicyclic) bond motifs is 1. The van der Waals surface area contributed by atoms with Crippen molar-refractivity contribution in [2.75, 3.05) is 7.11 Å². The van der Waals surface area contributed by atoms with E-state index in [9.17, 15) is 5.11 Å². The number of aromatic hydroxyl groups is 1. The first-order valence-electron chi connectivity index (χ1n) is 7.02. The van der Waals surface area contributed by atoms with Crippen LogP contribution in [-0.4, -0.2) is 26.8 Å². The Balaban J connectivity index is 1.81. The highest BCUT2D eigenvalue weighted by atomic mass is 32.1. The Morgan fingerprint density at radius 3 is 2.74 bits per heavy atom. The summed E-state index contributed by atoms with van der Waals surface area (Å²) in [6.45, 7) is 0. The molecule has 4 rings (SSSR count). The summed E-state index contributed by atoms with van der Waals surface area (Å²) in [5, 5.41) is 16.5. The van der Waals surface area contributed by atoms with Gasteiger partial charge in [-0.2, -0.15) is 9.61 Å². The maximum absolute atomic E-state index is 10.1. The van der Waals surface area contributed by atoms with E-state index in [1.54, 1.807) is 17.5 Å². The first kappa shape index (κ1) is 13.8. The zero-order valence-electron chi connectivity index (χ0n) is 12.3. The van der Waals surface area contributed by atoms with Crippen LogP contribution in [0.2, 0.25) is 0 Å². The third kappa shape index (κ3) is 2.24. The molecule has 0 aliphatic carbocycles. The van der Waals surface area contributed by atoms with Gasteiger partial charge in [-0.3, -0.25) is 0 Å². The van der Waals surface area contributed by atoms with Crippen LogP contribution < -0.4 is 4.74 Å². The minimum absolute atomic E-state index is 0.0522. The first-order valence-corrected chi connectivity index (χ1v) is 7.90. The lowest BCUT2D eigenvalue weighted by atomic mass is 10.1. The SMILES string of the molecule is COc1cnc2c(-c3cc(-c4ccccc4)cs3)cnn2c1O. The van der Waals surface area contributed by atoms with Crippen molar-refractivity contribution in [2.24, 2.45) is 0 Å². The average Bonchev–Trinajstić information content (AvgIpc) is 3.23. The number of rotatable bonds is 3. The van der Waals surface area contributed by atoms with Gasteiger partial charge >= 0.3 is 0 Å². The standard InChI is InChI=1S/C17H13N3O2S/c1-22-14-9-18-16-13(8-19-20(16)17(14)21)15-7-12(10-23-15)11-5-3-2-4-6-11/h2-10,21H,1H3. The second kappa shape index (κ2) is 5.40. The maximum atomic E-state index is 10.1. The van der Waals surface area contributed by atoms with E-state index in [1.165, 1.54) is 23.4 Å². The number of benzene rings is 1. The van der Waals surface area contributed by atoms with E-state index in [1.807, 2.05) is 18.2 Å². The van der Waals surface area contributed by atoms with Crippen molar-refractivity contribution in [3.8, 4) is 33.2 Å². The summed E-state index contributed by atoms with van der Waals surface area (Å²) >= 11 is 1.63. The lowest BCUT2D eigenvalue weighted by molar-refractivity contribution is 0.353. The van der Waals surface area contributed by atoms with Gasteiger partial charge < -0.3 is 9.84 Å². The lowest BCUT2D eigenvalue weighted by Gasteiger charge is -2.03. The molecule has 0 saturated carbocycles. The van der Waals surface area contributed by atoms with E-state index >= 15 is 0 Å². The van der Waals surface area contributed by atoms with Gasteiger partial charge in [0.2, 0.25) is 0 Å². The fraction of sp³-hybridized carbons (Fsp3) is 0.0588. The van der Waals surface area contributed by atoms with E-state index in [0.29, 0.717) is 11.4 Å². The van der Waals surface area contributed by atoms with E-state index in [0.717, 1.165) is 16.0 Å². The Bertz CT molecular complexity index is 976. The Hall–Kier alpha value is -2.86. The van der Waals surface area contributed by atoms with Crippen molar-refractivity contribution in [3.05, 3.63) is 54.2 Å². The molecule has 0 unspecified atom stereocenters. The zero-order valence-corrected chi connectivity index (χ0v) is 13.1. The minimum atomic E-state index is -0.0522. The van der Waals surface area contributed by atoms with Gasteiger partial charge in [0.05, 0.1) is 25.1 Å². The van der Waals surface area contributed by atoms with Crippen LogP contribution in [0.3, 0.4) is 0 Å². The summed E-state index contributed by atoms with van der Waals surface area (Å²) in [6.07, 6.45) is 3.21. The highest BCUT2D eigenvalue weighted by molar-refractivity contribution is 7.14. The molecular weight excluding hydrogens is 310 g/mol. The monoisotopic (exact) mass is 323 g/mol. The minimum Gasteiger partial charge on any atom is -0.491 e. The van der Waals surface area contributed by atoms with Crippen molar-refractivity contribution in [2.45, 2.75) is 0 Å². The fourth-order valence-electron chi connectivity index (χ4n) is 2.48. The van der Waals surface area contributed by atoms with Crippen LogP contribution in [-0.2, 0) is 0 Å². The van der Waals surface area contributed by atoms with E-state index < -0.39 is 0 Å². The topological polar surface area (TPSA) is 59.7 Å². The molecule has 23 heavy (non-hydrogen) atoms. The van der Waals surface area contributed by atoms with Crippen molar-refractivity contribution in [1.29, 1.82) is 0 Å². The smallest absolute Gasteiger partial charge is 0.259 e. The van der Waals surface area contributed by atoms with Gasteiger partial charge in [-0.1, -0.05) is 30.3 Å². The largest absolute Gasteiger partial charge is 0.491 e. The molecule has 0 bridgehead atoms. The molecule has 0 amide bonds. The number of aromatic nitrogens is 3. The summed E-state index contributed by atoms with van der Waals surface area (Å²) in [7, 11) is 1.48. The third-order valence-electron chi connectivity index (χ3n) is 3.66. The van der Waals surface area contributed by atoms with E-state index in [4.69, 9.17) is 4.74 Å². The molecule has 0 fully saturated rings. The van der Waals surface area contributed by atoms with Crippen molar-refractivity contribution in [3.63, 3.8) is 0 Å². The number of ether oxygens (including phenoxy) is 1. The number of methoxy groups -OCH3 is 1. The lowest BCUT2D eigenvalue weighted by Crippen LogP contribution is -1.95. The van der Waals surface area contributed by atoms with E-state index in [2.05, 4.69) is 33.7 Å². The highest BCUT2D eigenvalue weighted by Crippen LogP contribution is 2.36. The first-order chi connectivity index (χ1) is 11.3. The summed E-state index contributed by atoms with van der Waals surface area (Å²) in [5.41, 5.74) is 3.81. The Morgan fingerprint density at radius 2 is 1.96 bits per heavy atom. The Kier molecular flexibility index (Phi) is 3.24. The molecule has 6 heteroatoms. The highest BCUT2D eigenvalue weighted by Gasteiger charge is 2.15. The molecule has 1 N–H and O–H groups in total. The molecule has 1 aromatic carbocycles. The van der Waals surface area contributed by atoms with Crippen LogP contribution in [0.1, 0.15) is 0 Å². The van der Waals surface area contributed by atoms with Gasteiger partial charge in [0.25, 0.3) is 5.88 Å². The quantitative estimate of drug-likeness (QED) is 0.622. The van der Waals surface area contributed by atoms with Gasteiger partial charge in [-0.15, -0.1) is 11.3 Å². The van der Waals surface area contributed by atoms with Crippen molar-refractivity contribution >= 4 is 17.0 Å². The van der Waals surface area contributed by atoms with Crippen LogP contribution >= 0.6 is 11.3 Å². The molecular formula is C17H13N3O2S. The molecule has 0 aliphatic rings. The molecule has 3 aromatic heterocycles. The zero-order chi connectivity index (χ0) is 15.8. The van der Waals surface area contributed by atoms with Crippen LogP contribution in [0, 0.1) is 0 Å². The second-order valence-corrected chi connectivity index (χ2v) is 5.92. The third-order valence-corrected chi connectivity index (χ3v) is 4.62. The molecule has 0 atom stereocenters. The van der Waals surface area contributed by atoms with Gasteiger partial charge in [-0.05, 0) is 22.6 Å². The average molecular weight is 323 g/mol. The van der Waals surface area contributed by atoms with Gasteiger partial charge in [0, 0.05) is 4.88 Å². The summed E-state index contributed by atoms with van der Waals surface area (Å²) in [5.74, 6) is 0.242. The molecule has 0 radical (unpaired) electrons. The van der Waals surface area contributed by atoms with Crippen molar-refractivity contribution < 1.29 is 9.84 Å². The van der Waals surface area contributed by atoms with Crippen LogP contribution in [0.5, 0.6) is 11.6 Å². The molecule has 0 saturated heterocycles. The number of hydrogen-bond acceptors (Lipinski definition) is 5. The Morgan fingerprint density at radius 1 is 1.13 bits per heavy atom. The molecule has 4 aromatic rings. The van der Waals surface area contributed by atoms with Crippen LogP contribution in [0.4, 0.5) is 0 Å². The second-order valence-electron chi connectivity index (χ2n) is 5.01. The van der Waals surface area contributed by atoms with Crippen LogP contribution in [0.25, 0.3) is 27.2 Å². The molecule has 114 valence electrons. The number of nitrogens with zero attached hydrogens (tertiary/aromatic N) is 3. The Labute approximate surface area is 136 Å². The van der Waals surface area contributed by atoms with Crippen LogP contribution in [0.15, 0.2) is 54.2 Å². The van der Waals surface area contributed by atoms with E-state index in [-0.39, 0.29) is 5.88 Å². The van der Waals surface area contributed by atoms with Gasteiger partial charge in [0.1, 0.15) is 0 Å². The normalized spacial score (nSPS) is 11.0. The van der Waals surface area contributed by atoms with Gasteiger partial charge in [0.15, 0.2) is 11.4 Å². The fourth-order valence-corrected chi connectivity index (χ4v) is 3.40. The summed E-state index contributed by atoms with van der Waals surface area (Å²) < 4.78 is 6.44.